The zero-order chi connectivity index (χ0) is 11.4. The molecule has 2 aromatic rings. The molecule has 1 aromatic heterocycles. The van der Waals surface area contributed by atoms with Crippen molar-refractivity contribution >= 4 is 28.4 Å². The van der Waals surface area contributed by atoms with Gasteiger partial charge >= 0.3 is 0 Å². The van der Waals surface area contributed by atoms with Crippen LogP contribution in [0.5, 0.6) is 0 Å². The third-order valence-corrected chi connectivity index (χ3v) is 3.24. The van der Waals surface area contributed by atoms with E-state index in [1.165, 1.54) is 15.7 Å². The molecule has 0 aliphatic heterocycles. The third kappa shape index (κ3) is 2.30. The van der Waals surface area contributed by atoms with Crippen LogP contribution in [0.1, 0.15) is 13.3 Å². The average molecular weight is 232 g/mol. The van der Waals surface area contributed by atoms with Gasteiger partial charge in [-0.25, -0.2) is 4.98 Å². The van der Waals surface area contributed by atoms with Crippen LogP contribution in [0.15, 0.2) is 35.4 Å². The summed E-state index contributed by atoms with van der Waals surface area (Å²) in [5.74, 6) is 0.996. The summed E-state index contributed by atoms with van der Waals surface area (Å²) in [6, 6.07) is 8.55. The Bertz CT molecular complexity index is 482. The van der Waals surface area contributed by atoms with Crippen LogP contribution in [0.3, 0.4) is 0 Å². The lowest BCUT2D eigenvalue weighted by Gasteiger charge is -2.08. The maximum Gasteiger partial charge on any atom is 0.133 e. The summed E-state index contributed by atoms with van der Waals surface area (Å²) in [5, 5.41) is 5.82. The van der Waals surface area contributed by atoms with Crippen LogP contribution in [0.25, 0.3) is 10.8 Å². The number of thioether (sulfide) groups is 1. The second-order valence-corrected chi connectivity index (χ2v) is 4.55. The van der Waals surface area contributed by atoms with Gasteiger partial charge in [-0.1, -0.05) is 13.0 Å². The zero-order valence-corrected chi connectivity index (χ0v) is 10.5. The molecule has 0 amide bonds. The normalized spacial score (nSPS) is 10.6. The summed E-state index contributed by atoms with van der Waals surface area (Å²) in [7, 11) is 0. The van der Waals surface area contributed by atoms with Gasteiger partial charge in [-0.05, 0) is 36.3 Å². The van der Waals surface area contributed by atoms with Crippen molar-refractivity contribution in [2.75, 3.05) is 18.1 Å². The van der Waals surface area contributed by atoms with Crippen molar-refractivity contribution in [3.63, 3.8) is 0 Å². The first kappa shape index (κ1) is 11.3. The van der Waals surface area contributed by atoms with Crippen molar-refractivity contribution in [2.45, 2.75) is 18.2 Å². The van der Waals surface area contributed by atoms with Crippen LogP contribution < -0.4 is 5.32 Å². The summed E-state index contributed by atoms with van der Waals surface area (Å²) in [6.45, 7) is 3.13. The fourth-order valence-corrected chi connectivity index (χ4v) is 2.10. The van der Waals surface area contributed by atoms with Gasteiger partial charge in [0, 0.05) is 23.0 Å². The largest absolute Gasteiger partial charge is 0.370 e. The minimum atomic E-state index is 0.968. The molecule has 1 heterocycles. The number of nitrogens with one attached hydrogen (secondary N) is 1. The first-order valence-corrected chi connectivity index (χ1v) is 6.74. The van der Waals surface area contributed by atoms with E-state index in [4.69, 9.17) is 0 Å². The lowest BCUT2D eigenvalue weighted by molar-refractivity contribution is 0.972. The molecule has 3 heteroatoms. The summed E-state index contributed by atoms with van der Waals surface area (Å²) < 4.78 is 0. The molecule has 84 valence electrons. The first-order chi connectivity index (χ1) is 7.85. The van der Waals surface area contributed by atoms with Gasteiger partial charge in [-0.15, -0.1) is 11.8 Å². The molecule has 0 aliphatic rings. The lowest BCUT2D eigenvalue weighted by atomic mass is 10.1. The van der Waals surface area contributed by atoms with Gasteiger partial charge in [-0.3, -0.25) is 0 Å². The van der Waals surface area contributed by atoms with E-state index in [2.05, 4.69) is 47.7 Å². The molecule has 0 atom stereocenters. The van der Waals surface area contributed by atoms with Crippen molar-refractivity contribution in [3.05, 3.63) is 30.5 Å². The number of hydrogen-bond acceptors (Lipinski definition) is 3. The summed E-state index contributed by atoms with van der Waals surface area (Å²) in [4.78, 5) is 5.68. The van der Waals surface area contributed by atoms with E-state index in [1.807, 2.05) is 6.20 Å². The van der Waals surface area contributed by atoms with Crippen molar-refractivity contribution < 1.29 is 0 Å². The van der Waals surface area contributed by atoms with Crippen LogP contribution in [0.2, 0.25) is 0 Å². The summed E-state index contributed by atoms with van der Waals surface area (Å²) >= 11 is 1.76. The SMILES string of the molecule is CCCNc1nccc2ccc(SC)cc12. The molecule has 2 nitrogen and oxygen atoms in total. The number of anilines is 1. The fraction of sp³-hybridized carbons (Fsp3) is 0.308. The molecule has 0 unspecified atom stereocenters. The molecule has 1 N–H and O–H groups in total. The zero-order valence-electron chi connectivity index (χ0n) is 9.66. The van der Waals surface area contributed by atoms with Gasteiger partial charge in [0.05, 0.1) is 0 Å². The quantitative estimate of drug-likeness (QED) is 0.812. The van der Waals surface area contributed by atoms with Crippen LogP contribution in [-0.2, 0) is 0 Å². The van der Waals surface area contributed by atoms with Gasteiger partial charge < -0.3 is 5.32 Å². The molecule has 0 saturated carbocycles. The van der Waals surface area contributed by atoms with Crippen molar-refractivity contribution in [1.82, 2.24) is 4.98 Å². The number of pyridine rings is 1. The second-order valence-electron chi connectivity index (χ2n) is 3.67. The Morgan fingerprint density at radius 3 is 2.94 bits per heavy atom. The molecule has 0 aliphatic carbocycles. The predicted molar refractivity (Wildman–Crippen MR) is 72.3 cm³/mol. The molecule has 0 saturated heterocycles. The fourth-order valence-electron chi connectivity index (χ4n) is 1.66. The average Bonchev–Trinajstić information content (AvgIpc) is 2.35. The van der Waals surface area contributed by atoms with Crippen molar-refractivity contribution in [1.29, 1.82) is 0 Å². The number of nitrogens with zero attached hydrogens (tertiary/aromatic N) is 1. The Hall–Kier alpha value is -1.22. The summed E-state index contributed by atoms with van der Waals surface area (Å²) in [5.41, 5.74) is 0. The minimum Gasteiger partial charge on any atom is -0.370 e. The van der Waals surface area contributed by atoms with Crippen LogP contribution in [-0.4, -0.2) is 17.8 Å². The van der Waals surface area contributed by atoms with E-state index in [-0.39, 0.29) is 0 Å². The van der Waals surface area contributed by atoms with Crippen LogP contribution >= 0.6 is 11.8 Å². The highest BCUT2D eigenvalue weighted by Gasteiger charge is 2.02. The number of benzene rings is 1. The number of rotatable bonds is 4. The Kier molecular flexibility index (Phi) is 3.67. The Balaban J connectivity index is 2.46. The predicted octanol–water partition coefficient (Wildman–Crippen LogP) is 3.78. The maximum atomic E-state index is 4.40. The van der Waals surface area contributed by atoms with Gasteiger partial charge in [0.25, 0.3) is 0 Å². The highest BCUT2D eigenvalue weighted by molar-refractivity contribution is 7.98. The van der Waals surface area contributed by atoms with Gasteiger partial charge in [0.1, 0.15) is 5.82 Å². The molecular formula is C13H16N2S. The van der Waals surface area contributed by atoms with Crippen LogP contribution in [0, 0.1) is 0 Å². The van der Waals surface area contributed by atoms with Gasteiger partial charge in [0.2, 0.25) is 0 Å². The molecular weight excluding hydrogens is 216 g/mol. The van der Waals surface area contributed by atoms with Crippen molar-refractivity contribution in [3.8, 4) is 0 Å². The molecule has 0 spiro atoms. The Labute approximate surface area is 100 Å². The number of fused-ring (bicyclic) bond motifs is 1. The highest BCUT2D eigenvalue weighted by Crippen LogP contribution is 2.26. The topological polar surface area (TPSA) is 24.9 Å². The smallest absolute Gasteiger partial charge is 0.133 e. The van der Waals surface area contributed by atoms with Crippen molar-refractivity contribution in [2.24, 2.45) is 0 Å². The molecule has 16 heavy (non-hydrogen) atoms. The lowest BCUT2D eigenvalue weighted by Crippen LogP contribution is -2.02. The van der Waals surface area contributed by atoms with E-state index in [9.17, 15) is 0 Å². The van der Waals surface area contributed by atoms with E-state index >= 15 is 0 Å². The maximum absolute atomic E-state index is 4.40. The first-order valence-electron chi connectivity index (χ1n) is 5.51. The van der Waals surface area contributed by atoms with E-state index in [0.29, 0.717) is 0 Å². The molecule has 1 aromatic carbocycles. The van der Waals surface area contributed by atoms with E-state index < -0.39 is 0 Å². The molecule has 2 rings (SSSR count). The Morgan fingerprint density at radius 1 is 1.31 bits per heavy atom. The van der Waals surface area contributed by atoms with E-state index in [0.717, 1.165) is 18.8 Å². The Morgan fingerprint density at radius 2 is 2.19 bits per heavy atom. The minimum absolute atomic E-state index is 0.968. The standard InChI is InChI=1S/C13H16N2S/c1-3-7-14-13-12-9-11(16-2)5-4-10(12)6-8-15-13/h4-6,8-9H,3,7H2,1-2H3,(H,14,15). The summed E-state index contributed by atoms with van der Waals surface area (Å²) in [6.07, 6.45) is 5.07. The monoisotopic (exact) mass is 232 g/mol. The molecule has 0 radical (unpaired) electrons. The number of aromatic nitrogens is 1. The van der Waals surface area contributed by atoms with E-state index in [1.54, 1.807) is 11.8 Å². The highest BCUT2D eigenvalue weighted by atomic mass is 32.2. The second kappa shape index (κ2) is 5.21. The molecule has 0 bridgehead atoms. The van der Waals surface area contributed by atoms with Crippen LogP contribution in [0.4, 0.5) is 5.82 Å². The third-order valence-electron chi connectivity index (χ3n) is 2.52. The molecule has 0 fully saturated rings. The van der Waals surface area contributed by atoms with Gasteiger partial charge in [-0.2, -0.15) is 0 Å². The van der Waals surface area contributed by atoms with Gasteiger partial charge in [0.15, 0.2) is 0 Å². The number of hydrogen-bond donors (Lipinski definition) is 1.